The Balaban J connectivity index is 2.16. The Labute approximate surface area is 90.5 Å². The predicted octanol–water partition coefficient (Wildman–Crippen LogP) is 3.51. The van der Waals surface area contributed by atoms with Crippen LogP contribution in [0.4, 0.5) is 0 Å². The van der Waals surface area contributed by atoms with Crippen molar-refractivity contribution in [1.82, 2.24) is 5.32 Å². The Hall–Kier alpha value is -0.340. The fourth-order valence-electron chi connectivity index (χ4n) is 2.57. The van der Waals surface area contributed by atoms with Crippen molar-refractivity contribution < 1.29 is 0 Å². The van der Waals surface area contributed by atoms with Crippen LogP contribution >= 0.6 is 11.3 Å². The second-order valence-electron chi connectivity index (χ2n) is 4.28. The molecule has 1 N–H and O–H groups in total. The first kappa shape index (κ1) is 10.2. The minimum absolute atomic E-state index is 0.609. The predicted molar refractivity (Wildman–Crippen MR) is 62.8 cm³/mol. The van der Waals surface area contributed by atoms with E-state index in [0.29, 0.717) is 6.04 Å². The van der Waals surface area contributed by atoms with Gasteiger partial charge in [-0.05, 0) is 49.7 Å². The van der Waals surface area contributed by atoms with Crippen molar-refractivity contribution in [2.45, 2.75) is 38.6 Å². The highest BCUT2D eigenvalue weighted by Crippen LogP contribution is 2.38. The van der Waals surface area contributed by atoms with Crippen molar-refractivity contribution in [2.75, 3.05) is 7.05 Å². The molecule has 0 spiro atoms. The van der Waals surface area contributed by atoms with Crippen molar-refractivity contribution in [3.63, 3.8) is 0 Å². The van der Waals surface area contributed by atoms with Gasteiger partial charge in [-0.2, -0.15) is 0 Å². The van der Waals surface area contributed by atoms with E-state index in [2.05, 4.69) is 30.7 Å². The van der Waals surface area contributed by atoms with Crippen LogP contribution in [0.15, 0.2) is 11.4 Å². The maximum Gasteiger partial charge on any atom is 0.0443 e. The fourth-order valence-corrected chi connectivity index (χ4v) is 3.70. The molecular formula is C12H19NS. The zero-order valence-corrected chi connectivity index (χ0v) is 9.86. The first-order valence-corrected chi connectivity index (χ1v) is 6.42. The summed E-state index contributed by atoms with van der Waals surface area (Å²) in [5.41, 5.74) is 1.46. The third-order valence-electron chi connectivity index (χ3n) is 3.37. The Morgan fingerprint density at radius 1 is 1.43 bits per heavy atom. The first-order chi connectivity index (χ1) is 6.83. The minimum Gasteiger partial charge on any atom is -0.312 e. The van der Waals surface area contributed by atoms with Crippen molar-refractivity contribution in [3.8, 4) is 0 Å². The molecule has 0 saturated heterocycles. The molecule has 0 amide bonds. The molecule has 2 heteroatoms. The number of nitrogens with one attached hydrogen (secondary N) is 1. The molecular weight excluding hydrogens is 190 g/mol. The zero-order chi connectivity index (χ0) is 9.97. The average molecular weight is 209 g/mol. The first-order valence-electron chi connectivity index (χ1n) is 5.54. The van der Waals surface area contributed by atoms with Crippen LogP contribution in [0.2, 0.25) is 0 Å². The van der Waals surface area contributed by atoms with Gasteiger partial charge in [-0.25, -0.2) is 0 Å². The molecule has 1 fully saturated rings. The van der Waals surface area contributed by atoms with Crippen molar-refractivity contribution in [1.29, 1.82) is 0 Å². The number of aryl methyl sites for hydroxylation is 1. The molecule has 1 unspecified atom stereocenters. The lowest BCUT2D eigenvalue weighted by Crippen LogP contribution is -2.23. The van der Waals surface area contributed by atoms with Gasteiger partial charge in [-0.1, -0.05) is 12.8 Å². The zero-order valence-electron chi connectivity index (χ0n) is 9.05. The highest BCUT2D eigenvalue weighted by Gasteiger charge is 2.26. The van der Waals surface area contributed by atoms with Crippen LogP contribution in [0, 0.1) is 12.8 Å². The van der Waals surface area contributed by atoms with Gasteiger partial charge < -0.3 is 5.32 Å². The van der Waals surface area contributed by atoms with Gasteiger partial charge in [0, 0.05) is 10.9 Å². The summed E-state index contributed by atoms with van der Waals surface area (Å²) in [5.74, 6) is 0.873. The molecule has 78 valence electrons. The maximum atomic E-state index is 3.50. The summed E-state index contributed by atoms with van der Waals surface area (Å²) in [5, 5.41) is 5.71. The molecule has 1 aromatic heterocycles. The van der Waals surface area contributed by atoms with Gasteiger partial charge >= 0.3 is 0 Å². The number of thiophene rings is 1. The summed E-state index contributed by atoms with van der Waals surface area (Å²) < 4.78 is 0. The molecule has 0 aliphatic heterocycles. The summed E-state index contributed by atoms with van der Waals surface area (Å²) >= 11 is 1.91. The quantitative estimate of drug-likeness (QED) is 0.803. The Kier molecular flexibility index (Phi) is 3.24. The van der Waals surface area contributed by atoms with Crippen LogP contribution in [-0.2, 0) is 0 Å². The second kappa shape index (κ2) is 4.45. The smallest absolute Gasteiger partial charge is 0.0443 e. The van der Waals surface area contributed by atoms with E-state index in [0.717, 1.165) is 5.92 Å². The monoisotopic (exact) mass is 209 g/mol. The molecule has 1 aliphatic rings. The molecule has 1 atom stereocenters. The third-order valence-corrected chi connectivity index (χ3v) is 4.47. The highest BCUT2D eigenvalue weighted by molar-refractivity contribution is 7.10. The normalized spacial score (nSPS) is 20.1. The summed E-state index contributed by atoms with van der Waals surface area (Å²) in [4.78, 5) is 1.56. The van der Waals surface area contributed by atoms with E-state index in [1.54, 1.807) is 4.88 Å². The number of hydrogen-bond donors (Lipinski definition) is 1. The molecule has 1 aromatic rings. The standard InChI is InChI=1S/C12H19NS/c1-9-7-8-14-12(9)11(13-2)10-5-3-4-6-10/h7-8,10-11,13H,3-6H2,1-2H3. The Morgan fingerprint density at radius 2 is 2.14 bits per heavy atom. The van der Waals surface area contributed by atoms with Crippen LogP contribution in [0.3, 0.4) is 0 Å². The molecule has 0 bridgehead atoms. The molecule has 0 aromatic carbocycles. The van der Waals surface area contributed by atoms with Crippen molar-refractivity contribution in [3.05, 3.63) is 21.9 Å². The van der Waals surface area contributed by atoms with Crippen molar-refractivity contribution >= 4 is 11.3 Å². The number of rotatable bonds is 3. The SMILES string of the molecule is CNC(c1sccc1C)C1CCCC1. The summed E-state index contributed by atoms with van der Waals surface area (Å²) in [6, 6.07) is 2.84. The van der Waals surface area contributed by atoms with Crippen LogP contribution in [0.1, 0.15) is 42.2 Å². The van der Waals surface area contributed by atoms with E-state index in [9.17, 15) is 0 Å². The highest BCUT2D eigenvalue weighted by atomic mass is 32.1. The maximum absolute atomic E-state index is 3.50. The van der Waals surface area contributed by atoms with E-state index >= 15 is 0 Å². The van der Waals surface area contributed by atoms with Gasteiger partial charge in [0.25, 0.3) is 0 Å². The molecule has 1 saturated carbocycles. The lowest BCUT2D eigenvalue weighted by molar-refractivity contribution is 0.394. The third kappa shape index (κ3) is 1.86. The molecule has 1 nitrogen and oxygen atoms in total. The minimum atomic E-state index is 0.609. The van der Waals surface area contributed by atoms with E-state index in [-0.39, 0.29) is 0 Å². The van der Waals surface area contributed by atoms with Gasteiger partial charge in [0.2, 0.25) is 0 Å². The molecule has 0 radical (unpaired) electrons. The van der Waals surface area contributed by atoms with Crippen molar-refractivity contribution in [2.24, 2.45) is 5.92 Å². The van der Waals surface area contributed by atoms with E-state index in [4.69, 9.17) is 0 Å². The average Bonchev–Trinajstić information content (AvgIpc) is 2.80. The van der Waals surface area contributed by atoms with Gasteiger partial charge in [0.15, 0.2) is 0 Å². The topological polar surface area (TPSA) is 12.0 Å². The van der Waals surface area contributed by atoms with E-state index < -0.39 is 0 Å². The van der Waals surface area contributed by atoms with Crippen LogP contribution < -0.4 is 5.32 Å². The molecule has 1 heterocycles. The largest absolute Gasteiger partial charge is 0.312 e. The lowest BCUT2D eigenvalue weighted by Gasteiger charge is -2.22. The number of hydrogen-bond acceptors (Lipinski definition) is 2. The fraction of sp³-hybridized carbons (Fsp3) is 0.667. The Morgan fingerprint density at radius 3 is 2.64 bits per heavy atom. The van der Waals surface area contributed by atoms with Gasteiger partial charge in [0.05, 0.1) is 0 Å². The van der Waals surface area contributed by atoms with E-state index in [1.807, 2.05) is 11.3 Å². The van der Waals surface area contributed by atoms with Gasteiger partial charge in [-0.15, -0.1) is 11.3 Å². The van der Waals surface area contributed by atoms with E-state index in [1.165, 1.54) is 31.2 Å². The lowest BCUT2D eigenvalue weighted by atomic mass is 9.95. The van der Waals surface area contributed by atoms with Crippen LogP contribution in [-0.4, -0.2) is 7.05 Å². The molecule has 14 heavy (non-hydrogen) atoms. The van der Waals surface area contributed by atoms with Crippen LogP contribution in [0.5, 0.6) is 0 Å². The van der Waals surface area contributed by atoms with Gasteiger partial charge in [-0.3, -0.25) is 0 Å². The molecule has 1 aliphatic carbocycles. The summed E-state index contributed by atoms with van der Waals surface area (Å²) in [6.07, 6.45) is 5.66. The summed E-state index contributed by atoms with van der Waals surface area (Å²) in [7, 11) is 2.10. The van der Waals surface area contributed by atoms with Crippen LogP contribution in [0.25, 0.3) is 0 Å². The summed E-state index contributed by atoms with van der Waals surface area (Å²) in [6.45, 7) is 2.23. The Bertz CT molecular complexity index is 286. The van der Waals surface area contributed by atoms with Gasteiger partial charge in [0.1, 0.15) is 0 Å². The second-order valence-corrected chi connectivity index (χ2v) is 5.23. The molecule has 2 rings (SSSR count).